The number of hydrogen-bond donors (Lipinski definition) is 1. The molecule has 1 fully saturated rings. The van der Waals surface area contributed by atoms with E-state index in [1.807, 2.05) is 30.3 Å². The van der Waals surface area contributed by atoms with Crippen molar-refractivity contribution in [1.29, 1.82) is 0 Å². The van der Waals surface area contributed by atoms with Gasteiger partial charge in [0, 0.05) is 30.6 Å². The molecule has 4 rings (SSSR count). The Balaban J connectivity index is 1.45. The van der Waals surface area contributed by atoms with Crippen LogP contribution in [0, 0.1) is 5.82 Å². The summed E-state index contributed by atoms with van der Waals surface area (Å²) in [5.41, 5.74) is 1.31. The van der Waals surface area contributed by atoms with Crippen molar-refractivity contribution in [2.75, 3.05) is 20.2 Å². The molecule has 1 N–H and O–H groups in total. The fraction of sp³-hybridized carbons (Fsp3) is 0.273. The SMILES string of the molecule is COc1cc(F)ccc1O[C@@H]1CCN(C(=O)c2cnc3ccccc3c2)C[C@H]1O. The lowest BCUT2D eigenvalue weighted by Gasteiger charge is -2.36. The van der Waals surface area contributed by atoms with Gasteiger partial charge in [0.05, 0.1) is 24.7 Å². The molecule has 7 heteroatoms. The summed E-state index contributed by atoms with van der Waals surface area (Å²) in [5.74, 6) is 0.00803. The fourth-order valence-corrected chi connectivity index (χ4v) is 3.50. The van der Waals surface area contributed by atoms with Gasteiger partial charge < -0.3 is 19.5 Å². The smallest absolute Gasteiger partial charge is 0.255 e. The van der Waals surface area contributed by atoms with Gasteiger partial charge in [0.2, 0.25) is 0 Å². The topological polar surface area (TPSA) is 71.9 Å². The number of likely N-dealkylation sites (tertiary alicyclic amines) is 1. The van der Waals surface area contributed by atoms with Gasteiger partial charge in [-0.25, -0.2) is 4.39 Å². The van der Waals surface area contributed by atoms with Crippen LogP contribution in [0.3, 0.4) is 0 Å². The third-order valence-corrected chi connectivity index (χ3v) is 5.05. The molecule has 0 radical (unpaired) electrons. The standard InChI is InChI=1S/C22H21FN2O4/c1-28-21-11-16(23)6-7-20(21)29-19-8-9-25(13-18(19)26)22(27)15-10-14-4-2-3-5-17(14)24-12-15/h2-7,10-12,18-19,26H,8-9,13H2,1H3/t18-,19-/m1/s1. The van der Waals surface area contributed by atoms with Crippen molar-refractivity contribution < 1.29 is 23.8 Å². The van der Waals surface area contributed by atoms with Crippen molar-refractivity contribution in [3.05, 3.63) is 66.1 Å². The number of aliphatic hydroxyl groups is 1. The first kappa shape index (κ1) is 19.1. The Hall–Kier alpha value is -3.19. The average Bonchev–Trinajstić information content (AvgIpc) is 2.75. The highest BCUT2D eigenvalue weighted by Crippen LogP contribution is 2.30. The normalized spacial score (nSPS) is 19.2. The van der Waals surface area contributed by atoms with E-state index in [1.54, 1.807) is 11.1 Å². The number of benzene rings is 2. The average molecular weight is 396 g/mol. The highest BCUT2D eigenvalue weighted by atomic mass is 19.1. The summed E-state index contributed by atoms with van der Waals surface area (Å²) in [6, 6.07) is 13.4. The maximum atomic E-state index is 13.4. The van der Waals surface area contributed by atoms with Crippen molar-refractivity contribution in [3.63, 3.8) is 0 Å². The van der Waals surface area contributed by atoms with Crippen LogP contribution in [0.2, 0.25) is 0 Å². The molecule has 0 bridgehead atoms. The van der Waals surface area contributed by atoms with Gasteiger partial charge >= 0.3 is 0 Å². The van der Waals surface area contributed by atoms with Crippen molar-refractivity contribution in [1.82, 2.24) is 9.88 Å². The lowest BCUT2D eigenvalue weighted by atomic mass is 10.0. The number of ether oxygens (including phenoxy) is 2. The Bertz CT molecular complexity index is 1040. The summed E-state index contributed by atoms with van der Waals surface area (Å²) < 4.78 is 24.3. The maximum absolute atomic E-state index is 13.4. The predicted octanol–water partition coefficient (Wildman–Crippen LogP) is 3.04. The third kappa shape index (κ3) is 4.00. The number of amides is 1. The van der Waals surface area contributed by atoms with Gasteiger partial charge in [0.1, 0.15) is 18.0 Å². The van der Waals surface area contributed by atoms with Gasteiger partial charge in [-0.05, 0) is 24.3 Å². The van der Waals surface area contributed by atoms with Crippen LogP contribution in [0.15, 0.2) is 54.7 Å². The number of para-hydroxylation sites is 1. The summed E-state index contributed by atoms with van der Waals surface area (Å²) in [6.45, 7) is 0.566. The van der Waals surface area contributed by atoms with Crippen LogP contribution in [0.5, 0.6) is 11.5 Å². The van der Waals surface area contributed by atoms with E-state index in [0.29, 0.717) is 24.3 Å². The molecule has 2 aromatic carbocycles. The number of rotatable bonds is 4. The van der Waals surface area contributed by atoms with Crippen molar-refractivity contribution in [2.45, 2.75) is 18.6 Å². The number of aliphatic hydroxyl groups excluding tert-OH is 1. The highest BCUT2D eigenvalue weighted by Gasteiger charge is 2.32. The quantitative estimate of drug-likeness (QED) is 0.734. The Labute approximate surface area is 167 Å². The van der Waals surface area contributed by atoms with E-state index in [-0.39, 0.29) is 18.2 Å². The number of nitrogens with zero attached hydrogens (tertiary/aromatic N) is 2. The predicted molar refractivity (Wildman–Crippen MR) is 106 cm³/mol. The van der Waals surface area contributed by atoms with E-state index in [0.717, 1.165) is 10.9 Å². The fourth-order valence-electron chi connectivity index (χ4n) is 3.50. The summed E-state index contributed by atoms with van der Waals surface area (Å²) in [6.07, 6.45) is 0.598. The molecule has 1 saturated heterocycles. The molecule has 1 amide bonds. The zero-order valence-corrected chi connectivity index (χ0v) is 15.9. The van der Waals surface area contributed by atoms with E-state index in [2.05, 4.69) is 4.98 Å². The Morgan fingerprint density at radius 2 is 2.03 bits per heavy atom. The second-order valence-electron chi connectivity index (χ2n) is 6.98. The lowest BCUT2D eigenvalue weighted by molar-refractivity contribution is -0.0207. The number of methoxy groups -OCH3 is 1. The monoisotopic (exact) mass is 396 g/mol. The van der Waals surface area contributed by atoms with Crippen LogP contribution in [0.4, 0.5) is 4.39 Å². The van der Waals surface area contributed by atoms with Crippen LogP contribution in [-0.2, 0) is 0 Å². The number of hydrogen-bond acceptors (Lipinski definition) is 5. The highest BCUT2D eigenvalue weighted by molar-refractivity contribution is 5.97. The van der Waals surface area contributed by atoms with Crippen molar-refractivity contribution >= 4 is 16.8 Å². The molecule has 0 saturated carbocycles. The number of piperidine rings is 1. The van der Waals surface area contributed by atoms with E-state index < -0.39 is 18.0 Å². The largest absolute Gasteiger partial charge is 0.493 e. The van der Waals surface area contributed by atoms with Crippen LogP contribution in [0.1, 0.15) is 16.8 Å². The van der Waals surface area contributed by atoms with Gasteiger partial charge in [0.25, 0.3) is 5.91 Å². The van der Waals surface area contributed by atoms with Crippen molar-refractivity contribution in [3.8, 4) is 11.5 Å². The lowest BCUT2D eigenvalue weighted by Crippen LogP contribution is -2.51. The van der Waals surface area contributed by atoms with Gasteiger partial charge in [-0.2, -0.15) is 0 Å². The molecule has 1 aliphatic heterocycles. The molecule has 0 unspecified atom stereocenters. The summed E-state index contributed by atoms with van der Waals surface area (Å²) in [4.78, 5) is 18.8. The summed E-state index contributed by atoms with van der Waals surface area (Å²) in [5, 5.41) is 11.4. The summed E-state index contributed by atoms with van der Waals surface area (Å²) >= 11 is 0. The molecular formula is C22H21FN2O4. The number of carbonyl (C=O) groups excluding carboxylic acids is 1. The number of β-amino-alcohol motifs (C(OH)–C–C–N with tert-alkyl or cyclic N) is 1. The Morgan fingerprint density at radius 1 is 1.21 bits per heavy atom. The van der Waals surface area contributed by atoms with Gasteiger partial charge in [-0.1, -0.05) is 18.2 Å². The molecule has 1 aromatic heterocycles. The third-order valence-electron chi connectivity index (χ3n) is 5.05. The maximum Gasteiger partial charge on any atom is 0.255 e. The molecule has 0 aliphatic carbocycles. The van der Waals surface area contributed by atoms with E-state index in [1.165, 1.54) is 25.3 Å². The zero-order valence-electron chi connectivity index (χ0n) is 15.9. The van der Waals surface area contributed by atoms with Gasteiger partial charge in [-0.15, -0.1) is 0 Å². The Morgan fingerprint density at radius 3 is 2.83 bits per heavy atom. The van der Waals surface area contributed by atoms with E-state index in [9.17, 15) is 14.3 Å². The number of aromatic nitrogens is 1. The second kappa shape index (κ2) is 8.05. The van der Waals surface area contributed by atoms with E-state index in [4.69, 9.17) is 9.47 Å². The first-order chi connectivity index (χ1) is 14.0. The van der Waals surface area contributed by atoms with Crippen LogP contribution >= 0.6 is 0 Å². The molecule has 0 spiro atoms. The molecule has 2 atom stereocenters. The number of fused-ring (bicyclic) bond motifs is 1. The number of halogens is 1. The number of carbonyl (C=O) groups is 1. The molecule has 6 nitrogen and oxygen atoms in total. The van der Waals surface area contributed by atoms with Gasteiger partial charge in [0.15, 0.2) is 11.5 Å². The minimum atomic E-state index is -0.879. The minimum absolute atomic E-state index is 0.139. The molecular weight excluding hydrogens is 375 g/mol. The molecule has 2 heterocycles. The minimum Gasteiger partial charge on any atom is -0.493 e. The van der Waals surface area contributed by atoms with Crippen LogP contribution < -0.4 is 9.47 Å². The van der Waals surface area contributed by atoms with Crippen molar-refractivity contribution in [2.24, 2.45) is 0 Å². The van der Waals surface area contributed by atoms with Crippen LogP contribution in [0.25, 0.3) is 10.9 Å². The molecule has 150 valence electrons. The van der Waals surface area contributed by atoms with Gasteiger partial charge in [-0.3, -0.25) is 9.78 Å². The Kier molecular flexibility index (Phi) is 5.31. The molecule has 29 heavy (non-hydrogen) atoms. The second-order valence-corrected chi connectivity index (χ2v) is 6.98. The molecule has 3 aromatic rings. The van der Waals surface area contributed by atoms with E-state index >= 15 is 0 Å². The summed E-state index contributed by atoms with van der Waals surface area (Å²) in [7, 11) is 1.43. The zero-order chi connectivity index (χ0) is 20.4. The number of pyridine rings is 1. The first-order valence-electron chi connectivity index (χ1n) is 9.37. The first-order valence-corrected chi connectivity index (χ1v) is 9.37. The van der Waals surface area contributed by atoms with Crippen LogP contribution in [-0.4, -0.2) is 53.3 Å². The molecule has 1 aliphatic rings.